The van der Waals surface area contributed by atoms with Gasteiger partial charge in [0.15, 0.2) is 0 Å². The predicted octanol–water partition coefficient (Wildman–Crippen LogP) is 2.98. The van der Waals surface area contributed by atoms with Crippen LogP contribution in [0.25, 0.3) is 0 Å². The molecule has 0 aromatic heterocycles. The van der Waals surface area contributed by atoms with Gasteiger partial charge in [0.2, 0.25) is 0 Å². The Labute approximate surface area is 101 Å². The summed E-state index contributed by atoms with van der Waals surface area (Å²) in [6, 6.07) is 5.71. The Morgan fingerprint density at radius 1 is 1.24 bits per heavy atom. The highest BCUT2D eigenvalue weighted by atomic mass is 19.1. The Bertz CT molecular complexity index is 381. The van der Waals surface area contributed by atoms with Crippen molar-refractivity contribution in [1.82, 2.24) is 10.6 Å². The SMILES string of the molecule is CC(NC(=O)NC(C)(C)C)c1ccc(F)cc1. The number of carbonyl (C=O) groups is 1. The molecule has 1 unspecified atom stereocenters. The van der Waals surface area contributed by atoms with E-state index in [1.54, 1.807) is 12.1 Å². The quantitative estimate of drug-likeness (QED) is 0.817. The molecule has 17 heavy (non-hydrogen) atoms. The second-order valence-corrected chi connectivity index (χ2v) is 5.12. The third-order valence-electron chi connectivity index (χ3n) is 2.21. The topological polar surface area (TPSA) is 41.1 Å². The summed E-state index contributed by atoms with van der Waals surface area (Å²) in [5.41, 5.74) is 0.600. The number of halogens is 1. The molecule has 94 valence electrons. The molecule has 1 atom stereocenters. The zero-order chi connectivity index (χ0) is 13.1. The van der Waals surface area contributed by atoms with Gasteiger partial charge in [0.1, 0.15) is 5.82 Å². The fraction of sp³-hybridized carbons (Fsp3) is 0.462. The van der Waals surface area contributed by atoms with Crippen molar-refractivity contribution in [2.24, 2.45) is 0 Å². The van der Waals surface area contributed by atoms with Crippen molar-refractivity contribution in [2.75, 3.05) is 0 Å². The molecule has 4 heteroatoms. The van der Waals surface area contributed by atoms with Gasteiger partial charge in [-0.1, -0.05) is 12.1 Å². The van der Waals surface area contributed by atoms with Crippen LogP contribution in [0.5, 0.6) is 0 Å². The zero-order valence-electron chi connectivity index (χ0n) is 10.7. The van der Waals surface area contributed by atoms with Gasteiger partial charge >= 0.3 is 6.03 Å². The molecule has 0 aliphatic heterocycles. The first-order valence-electron chi connectivity index (χ1n) is 5.62. The van der Waals surface area contributed by atoms with Crippen molar-refractivity contribution in [1.29, 1.82) is 0 Å². The smallest absolute Gasteiger partial charge is 0.315 e. The van der Waals surface area contributed by atoms with Gasteiger partial charge in [0.05, 0.1) is 6.04 Å². The zero-order valence-corrected chi connectivity index (χ0v) is 10.7. The summed E-state index contributed by atoms with van der Waals surface area (Å²) < 4.78 is 12.7. The second kappa shape index (κ2) is 5.17. The van der Waals surface area contributed by atoms with Crippen LogP contribution in [0.2, 0.25) is 0 Å². The molecule has 0 aliphatic carbocycles. The Kier molecular flexibility index (Phi) is 4.10. The second-order valence-electron chi connectivity index (χ2n) is 5.12. The van der Waals surface area contributed by atoms with Crippen LogP contribution < -0.4 is 10.6 Å². The van der Waals surface area contributed by atoms with Crippen molar-refractivity contribution < 1.29 is 9.18 Å². The van der Waals surface area contributed by atoms with Gasteiger partial charge in [-0.2, -0.15) is 0 Å². The summed E-state index contributed by atoms with van der Waals surface area (Å²) in [4.78, 5) is 11.6. The molecule has 2 N–H and O–H groups in total. The van der Waals surface area contributed by atoms with Crippen LogP contribution in [0.15, 0.2) is 24.3 Å². The fourth-order valence-corrected chi connectivity index (χ4v) is 1.41. The molecule has 0 heterocycles. The molecule has 0 radical (unpaired) electrons. The monoisotopic (exact) mass is 238 g/mol. The molecule has 3 nitrogen and oxygen atoms in total. The Morgan fingerprint density at radius 2 is 1.76 bits per heavy atom. The fourth-order valence-electron chi connectivity index (χ4n) is 1.41. The molecule has 1 aromatic carbocycles. The molecule has 0 bridgehead atoms. The molecular weight excluding hydrogens is 219 g/mol. The van der Waals surface area contributed by atoms with Gasteiger partial charge in [-0.15, -0.1) is 0 Å². The summed E-state index contributed by atoms with van der Waals surface area (Å²) in [5, 5.41) is 5.61. The van der Waals surface area contributed by atoms with E-state index in [1.807, 2.05) is 27.7 Å². The van der Waals surface area contributed by atoms with Crippen molar-refractivity contribution in [3.05, 3.63) is 35.6 Å². The summed E-state index contributed by atoms with van der Waals surface area (Å²) in [6.45, 7) is 7.59. The lowest BCUT2D eigenvalue weighted by Gasteiger charge is -2.23. The minimum Gasteiger partial charge on any atom is -0.334 e. The van der Waals surface area contributed by atoms with E-state index in [9.17, 15) is 9.18 Å². The highest BCUT2D eigenvalue weighted by Crippen LogP contribution is 2.12. The molecular formula is C13H19FN2O. The maximum Gasteiger partial charge on any atom is 0.315 e. The third-order valence-corrected chi connectivity index (χ3v) is 2.21. The summed E-state index contributed by atoms with van der Waals surface area (Å²) in [7, 11) is 0. The van der Waals surface area contributed by atoms with E-state index in [2.05, 4.69) is 10.6 Å². The molecule has 0 saturated carbocycles. The van der Waals surface area contributed by atoms with Gasteiger partial charge < -0.3 is 10.6 Å². The Hall–Kier alpha value is -1.58. The van der Waals surface area contributed by atoms with Gasteiger partial charge in [0, 0.05) is 5.54 Å². The first kappa shape index (κ1) is 13.5. The normalized spacial score (nSPS) is 13.0. The molecule has 1 rings (SSSR count). The number of rotatable bonds is 2. The van der Waals surface area contributed by atoms with Crippen LogP contribution in [0.1, 0.15) is 39.3 Å². The van der Waals surface area contributed by atoms with Gasteiger partial charge in [-0.05, 0) is 45.4 Å². The predicted molar refractivity (Wildman–Crippen MR) is 66.2 cm³/mol. The van der Waals surface area contributed by atoms with Crippen molar-refractivity contribution in [3.8, 4) is 0 Å². The number of amides is 2. The minimum absolute atomic E-state index is 0.155. The van der Waals surface area contributed by atoms with Crippen molar-refractivity contribution >= 4 is 6.03 Å². The van der Waals surface area contributed by atoms with E-state index in [0.717, 1.165) is 5.56 Å². The van der Waals surface area contributed by atoms with E-state index >= 15 is 0 Å². The summed E-state index contributed by atoms with van der Waals surface area (Å²) in [6.07, 6.45) is 0. The maximum atomic E-state index is 12.7. The molecule has 0 fully saturated rings. The lowest BCUT2D eigenvalue weighted by molar-refractivity contribution is 0.229. The van der Waals surface area contributed by atoms with Gasteiger partial charge in [-0.25, -0.2) is 9.18 Å². The van der Waals surface area contributed by atoms with Gasteiger partial charge in [-0.3, -0.25) is 0 Å². The standard InChI is InChI=1S/C13H19FN2O/c1-9(10-5-7-11(14)8-6-10)15-12(17)16-13(2,3)4/h5-9H,1-4H3,(H2,15,16,17). The number of urea groups is 1. The van der Waals surface area contributed by atoms with E-state index in [-0.39, 0.29) is 23.4 Å². The van der Waals surface area contributed by atoms with E-state index in [0.29, 0.717) is 0 Å². The molecule has 2 amide bonds. The Balaban J connectivity index is 2.57. The van der Waals surface area contributed by atoms with Gasteiger partial charge in [0.25, 0.3) is 0 Å². The molecule has 1 aromatic rings. The number of hydrogen-bond donors (Lipinski definition) is 2. The van der Waals surface area contributed by atoms with Crippen LogP contribution in [0, 0.1) is 5.82 Å². The first-order valence-corrected chi connectivity index (χ1v) is 5.62. The van der Waals surface area contributed by atoms with Crippen LogP contribution in [0.4, 0.5) is 9.18 Å². The number of nitrogens with one attached hydrogen (secondary N) is 2. The lowest BCUT2D eigenvalue weighted by Crippen LogP contribution is -2.47. The number of hydrogen-bond acceptors (Lipinski definition) is 1. The van der Waals surface area contributed by atoms with Crippen LogP contribution >= 0.6 is 0 Å². The molecule has 0 aliphatic rings. The van der Waals surface area contributed by atoms with Crippen molar-refractivity contribution in [3.63, 3.8) is 0 Å². The maximum absolute atomic E-state index is 12.7. The van der Waals surface area contributed by atoms with Crippen molar-refractivity contribution in [2.45, 2.75) is 39.3 Å². The average Bonchev–Trinajstić information content (AvgIpc) is 2.15. The van der Waals surface area contributed by atoms with E-state index in [1.165, 1.54) is 12.1 Å². The summed E-state index contributed by atoms with van der Waals surface area (Å²) >= 11 is 0. The van der Waals surface area contributed by atoms with Crippen LogP contribution in [0.3, 0.4) is 0 Å². The lowest BCUT2D eigenvalue weighted by atomic mass is 10.1. The summed E-state index contributed by atoms with van der Waals surface area (Å²) in [5.74, 6) is -0.278. The molecule has 0 saturated heterocycles. The number of carbonyl (C=O) groups excluding carboxylic acids is 1. The average molecular weight is 238 g/mol. The number of benzene rings is 1. The van der Waals surface area contributed by atoms with E-state index in [4.69, 9.17) is 0 Å². The van der Waals surface area contributed by atoms with E-state index < -0.39 is 0 Å². The highest BCUT2D eigenvalue weighted by Gasteiger charge is 2.15. The van der Waals surface area contributed by atoms with Crippen LogP contribution in [-0.2, 0) is 0 Å². The third kappa shape index (κ3) is 4.85. The minimum atomic E-state index is -0.278. The Morgan fingerprint density at radius 3 is 2.24 bits per heavy atom. The largest absolute Gasteiger partial charge is 0.334 e. The highest BCUT2D eigenvalue weighted by molar-refractivity contribution is 5.75. The first-order chi connectivity index (χ1) is 7.78. The van der Waals surface area contributed by atoms with Crippen LogP contribution in [-0.4, -0.2) is 11.6 Å². The molecule has 0 spiro atoms.